The molecule has 6 aliphatic rings. The van der Waals surface area contributed by atoms with Gasteiger partial charge in [-0.25, -0.2) is 0 Å². The number of anilines is 6. The fraction of sp³-hybridized carbons (Fsp3) is 0.0877. The highest BCUT2D eigenvalue weighted by Gasteiger charge is 2.54. The first kappa shape index (κ1) is 66.7. The van der Waals surface area contributed by atoms with E-state index in [0.29, 0.717) is 0 Å². The van der Waals surface area contributed by atoms with Crippen LogP contribution >= 0.6 is 0 Å². The van der Waals surface area contributed by atoms with Crippen molar-refractivity contribution in [1.29, 1.82) is 0 Å². The Labute approximate surface area is 678 Å². The molecule has 2 nitrogen and oxygen atoms in total. The molecule has 0 saturated carbocycles. The van der Waals surface area contributed by atoms with E-state index in [0.717, 1.165) is 40.5 Å². The Morgan fingerprint density at radius 3 is 1.06 bits per heavy atom. The minimum Gasteiger partial charge on any atom is -0.310 e. The Bertz CT molecular complexity index is 7160. The normalized spacial score (nSPS) is 15.4. The summed E-state index contributed by atoms with van der Waals surface area (Å²) in [5.41, 5.74) is 45.8. The molecule has 1 atom stereocenters. The van der Waals surface area contributed by atoms with Gasteiger partial charge in [0.15, 0.2) is 0 Å². The van der Waals surface area contributed by atoms with Crippen LogP contribution in [-0.2, 0) is 28.1 Å². The zero-order chi connectivity index (χ0) is 77.1. The van der Waals surface area contributed by atoms with Crippen LogP contribution in [0.1, 0.15) is 104 Å². The lowest BCUT2D eigenvalue weighted by Crippen LogP contribution is -2.26. The molecule has 0 N–H and O–H groups in total. The lowest BCUT2D eigenvalue weighted by molar-refractivity contribution is 0.583. The molecule has 2 heteroatoms. The molecule has 2 spiro atoms. The molecule has 546 valence electrons. The van der Waals surface area contributed by atoms with Gasteiger partial charge in [-0.3, -0.25) is 0 Å². The van der Waals surface area contributed by atoms with Gasteiger partial charge in [0.05, 0.1) is 10.8 Å². The summed E-state index contributed by atoms with van der Waals surface area (Å²) in [6.07, 6.45) is 0.837. The van der Waals surface area contributed by atoms with Crippen LogP contribution in [0.3, 0.4) is 0 Å². The van der Waals surface area contributed by atoms with Gasteiger partial charge in [-0.15, -0.1) is 0 Å². The van der Waals surface area contributed by atoms with Crippen LogP contribution in [-0.4, -0.2) is 0 Å². The van der Waals surface area contributed by atoms with E-state index < -0.39 is 10.8 Å². The van der Waals surface area contributed by atoms with Crippen LogP contribution in [0.2, 0.25) is 0 Å². The van der Waals surface area contributed by atoms with Gasteiger partial charge in [0.1, 0.15) is 0 Å². The number of rotatable bonds is 10. The number of benzene rings is 18. The third-order valence-electron chi connectivity index (χ3n) is 27.8. The third kappa shape index (κ3) is 9.13. The van der Waals surface area contributed by atoms with E-state index in [1.165, 1.54) is 194 Å². The van der Waals surface area contributed by atoms with Crippen molar-refractivity contribution in [2.45, 2.75) is 62.7 Å². The van der Waals surface area contributed by atoms with Crippen LogP contribution < -0.4 is 9.80 Å². The van der Waals surface area contributed by atoms with E-state index in [2.05, 4.69) is 427 Å². The molecule has 18 aromatic carbocycles. The van der Waals surface area contributed by atoms with Gasteiger partial charge >= 0.3 is 0 Å². The summed E-state index contributed by atoms with van der Waals surface area (Å²) in [4.78, 5) is 5.04. The molecule has 18 aromatic rings. The minimum atomic E-state index is -0.492. The summed E-state index contributed by atoms with van der Waals surface area (Å²) < 4.78 is 0. The first-order valence-electron chi connectivity index (χ1n) is 41.1. The maximum absolute atomic E-state index is 2.54. The predicted molar refractivity (Wildman–Crippen MR) is 483 cm³/mol. The Morgan fingerprint density at radius 1 is 0.207 bits per heavy atom. The molecule has 0 heterocycles. The molecular formula is C114H80N2. The topological polar surface area (TPSA) is 6.48 Å². The lowest BCUT2D eigenvalue weighted by atomic mass is 9.70. The van der Waals surface area contributed by atoms with Crippen LogP contribution in [0.4, 0.5) is 34.1 Å². The summed E-state index contributed by atoms with van der Waals surface area (Å²) in [5.74, 6) is 0. The summed E-state index contributed by atoms with van der Waals surface area (Å²) in [5, 5.41) is 4.95. The smallest absolute Gasteiger partial charge is 0.0726 e. The van der Waals surface area contributed by atoms with Crippen LogP contribution in [0, 0.1) is 13.8 Å². The zero-order valence-corrected chi connectivity index (χ0v) is 65.5. The van der Waals surface area contributed by atoms with Gasteiger partial charge in [0, 0.05) is 45.0 Å². The second kappa shape index (κ2) is 24.5. The summed E-state index contributed by atoms with van der Waals surface area (Å²) in [7, 11) is 0. The molecule has 0 saturated heterocycles. The van der Waals surface area contributed by atoms with E-state index in [1.54, 1.807) is 0 Å². The first-order chi connectivity index (χ1) is 56.9. The zero-order valence-electron chi connectivity index (χ0n) is 65.5. The molecule has 0 amide bonds. The lowest BCUT2D eigenvalue weighted by Gasteiger charge is -2.32. The van der Waals surface area contributed by atoms with Crippen LogP contribution in [0.25, 0.3) is 111 Å². The Hall–Kier alpha value is -13.9. The maximum Gasteiger partial charge on any atom is 0.0726 e. The van der Waals surface area contributed by atoms with Gasteiger partial charge in [0.2, 0.25) is 0 Å². The van der Waals surface area contributed by atoms with Crippen molar-refractivity contribution in [3.05, 3.63) is 466 Å². The molecule has 116 heavy (non-hydrogen) atoms. The molecule has 0 radical (unpaired) electrons. The standard InChI is InChI=1S/C114H80N2/c1-70-62-72(69-112(5)101-35-17-9-33-93(101)98-66-80(55-61-102(98)112)116(79-51-47-75-44-43-74-24-6-7-25-85(74)96(75)65-79)82-54-59-95-91-31-15-23-41-108(91)114(110(95)68-82)105-38-20-12-28-88(105)89-29-13-21-39-106(89)114)42-56-83(70)84-57-52-78(63-71(84)2)115(77-49-45-73(46-50-77)76-48-60-100-97(64-76)92-32-8-16-34-99(92)111(100,3)4)81-53-58-94-90-30-14-22-40-107(90)113(109(94)67-81)103-36-18-10-26-86(103)87-27-11-19-37-104(87)113/h6-68H,69H2,1-5H3. The fourth-order valence-electron chi connectivity index (χ4n) is 22.7. The van der Waals surface area contributed by atoms with E-state index >= 15 is 0 Å². The van der Waals surface area contributed by atoms with Crippen molar-refractivity contribution in [2.75, 3.05) is 9.80 Å². The van der Waals surface area contributed by atoms with Crippen LogP contribution in [0.15, 0.2) is 382 Å². The summed E-state index contributed by atoms with van der Waals surface area (Å²) in [6.45, 7) is 11.8. The number of aryl methyl sites for hydroxylation is 2. The molecule has 0 aliphatic heterocycles. The highest BCUT2D eigenvalue weighted by atomic mass is 15.1. The van der Waals surface area contributed by atoms with Crippen molar-refractivity contribution in [3.8, 4) is 89.0 Å². The van der Waals surface area contributed by atoms with Gasteiger partial charge < -0.3 is 9.80 Å². The van der Waals surface area contributed by atoms with E-state index in [-0.39, 0.29) is 10.8 Å². The van der Waals surface area contributed by atoms with Crippen molar-refractivity contribution in [1.82, 2.24) is 0 Å². The van der Waals surface area contributed by atoms with Crippen LogP contribution in [0.5, 0.6) is 0 Å². The largest absolute Gasteiger partial charge is 0.310 e. The number of nitrogens with zero attached hydrogens (tertiary/aromatic N) is 2. The molecular weight excluding hydrogens is 1400 g/mol. The van der Waals surface area contributed by atoms with Gasteiger partial charge in [-0.05, 0) is 293 Å². The minimum absolute atomic E-state index is 0.0573. The molecule has 6 aliphatic carbocycles. The Balaban J connectivity index is 0.599. The average Bonchev–Trinajstić information content (AvgIpc) is 1.51. The van der Waals surface area contributed by atoms with E-state index in [1.807, 2.05) is 0 Å². The number of hydrogen-bond acceptors (Lipinski definition) is 2. The highest BCUT2D eigenvalue weighted by Crippen LogP contribution is 2.66. The Morgan fingerprint density at radius 2 is 0.534 bits per heavy atom. The van der Waals surface area contributed by atoms with Gasteiger partial charge in [-0.1, -0.05) is 324 Å². The van der Waals surface area contributed by atoms with Crippen molar-refractivity contribution < 1.29 is 0 Å². The van der Waals surface area contributed by atoms with E-state index in [9.17, 15) is 0 Å². The second-order valence-corrected chi connectivity index (χ2v) is 34.0. The molecule has 0 bridgehead atoms. The fourth-order valence-corrected chi connectivity index (χ4v) is 22.7. The SMILES string of the molecule is Cc1cc(CC2(C)c3ccccc3-c3cc(N(c4ccc5c(c4)C4(c6ccccc6-c6ccccc64)c4ccccc4-5)c4ccc5ccc6ccccc6c5c4)ccc32)ccc1-c1ccc(N(c2ccc(-c3ccc4c(c3)-c3ccccc3C4(C)C)cc2)c2ccc3c(c2)C2(c4ccccc4-c4ccccc42)c2ccccc2-3)cc1C. The number of hydrogen-bond donors (Lipinski definition) is 0. The molecule has 0 aromatic heterocycles. The second-order valence-electron chi connectivity index (χ2n) is 34.0. The van der Waals surface area contributed by atoms with Crippen molar-refractivity contribution in [3.63, 3.8) is 0 Å². The summed E-state index contributed by atoms with van der Waals surface area (Å²) in [6, 6.07) is 146. The monoisotopic (exact) mass is 1480 g/mol. The molecule has 1 unspecified atom stereocenters. The van der Waals surface area contributed by atoms with Crippen molar-refractivity contribution in [2.24, 2.45) is 0 Å². The molecule has 0 fully saturated rings. The first-order valence-corrected chi connectivity index (χ1v) is 41.1. The van der Waals surface area contributed by atoms with Gasteiger partial charge in [-0.2, -0.15) is 0 Å². The maximum atomic E-state index is 2.54. The molecule has 24 rings (SSSR count). The van der Waals surface area contributed by atoms with Gasteiger partial charge in [0.25, 0.3) is 0 Å². The van der Waals surface area contributed by atoms with Crippen molar-refractivity contribution >= 4 is 55.7 Å². The predicted octanol–water partition coefficient (Wildman–Crippen LogP) is 29.4. The summed E-state index contributed by atoms with van der Waals surface area (Å²) >= 11 is 0. The van der Waals surface area contributed by atoms with E-state index in [4.69, 9.17) is 0 Å². The Kier molecular flexibility index (Phi) is 14.1. The number of fused-ring (bicyclic) bond motifs is 29. The quantitative estimate of drug-likeness (QED) is 0.126. The average molecular weight is 1480 g/mol. The highest BCUT2D eigenvalue weighted by molar-refractivity contribution is 6.10. The third-order valence-corrected chi connectivity index (χ3v) is 27.8.